The Morgan fingerprint density at radius 1 is 2.00 bits per heavy atom. The van der Waals surface area contributed by atoms with E-state index in [-0.39, 0.29) is 22.9 Å². The molecule has 4 heavy (non-hydrogen) atoms. The second kappa shape index (κ2) is 3.27. The molecule has 0 unspecified atom stereocenters. The van der Waals surface area contributed by atoms with E-state index in [0.717, 1.165) is 0 Å². The Morgan fingerprint density at radius 3 is 2.25 bits per heavy atom. The van der Waals surface area contributed by atoms with E-state index >= 15 is 0 Å². The quantitative estimate of drug-likeness (QED) is 0.436. The van der Waals surface area contributed by atoms with Crippen LogP contribution < -0.4 is 0 Å². The van der Waals surface area contributed by atoms with Crippen LogP contribution in [-0.4, -0.2) is 29.4 Å². The summed E-state index contributed by atoms with van der Waals surface area (Å²) in [4.78, 5) is 8.88. The van der Waals surface area contributed by atoms with E-state index in [9.17, 15) is 0 Å². The molecule has 0 aliphatic carbocycles. The van der Waals surface area contributed by atoms with Crippen molar-refractivity contribution in [2.45, 2.75) is 0 Å². The van der Waals surface area contributed by atoms with Gasteiger partial charge in [0.15, 0.2) is 0 Å². The van der Waals surface area contributed by atoms with Gasteiger partial charge >= 0.3 is 37.3 Å². The third kappa shape index (κ3) is 2.27. The summed E-state index contributed by atoms with van der Waals surface area (Å²) in [6.07, 6.45) is 0. The Hall–Kier alpha value is 0.269. The normalized spacial score (nSPS) is 6.00. The molecule has 0 bridgehead atoms. The van der Waals surface area contributed by atoms with Crippen LogP contribution in [0.4, 0.5) is 0 Å². The molecule has 0 amide bonds. The Balaban J connectivity index is 2.30. The van der Waals surface area contributed by atoms with Crippen LogP contribution in [0.25, 0.3) is 0 Å². The summed E-state index contributed by atoms with van der Waals surface area (Å²) in [5.41, 5.74) is 0. The van der Waals surface area contributed by atoms with Gasteiger partial charge in [-0.25, -0.2) is 0 Å². The van der Waals surface area contributed by atoms with Crippen LogP contribution in [0, 0.1) is 0 Å². The van der Waals surface area contributed by atoms with Crippen molar-refractivity contribution in [1.82, 2.24) is 0 Å². The molecule has 0 aromatic carbocycles. The van der Waals surface area contributed by atoms with Gasteiger partial charge in [-0.1, -0.05) is 0 Å². The molecule has 0 saturated heterocycles. The fraction of sp³-hybridized carbons (Fsp3) is 0. The topological polar surface area (TPSA) is 26.3 Å². The fourth-order valence-corrected chi connectivity index (χ4v) is 0. The molecule has 0 heterocycles. The average Bonchev–Trinajstić information content (AvgIpc) is 1.37. The van der Waals surface area contributed by atoms with Crippen molar-refractivity contribution in [2.24, 2.45) is 0 Å². The van der Waals surface area contributed by atoms with E-state index < -0.39 is 0 Å². The molecule has 0 rings (SSSR count). The fourth-order valence-electron chi connectivity index (χ4n) is 0. The third-order valence-electron chi connectivity index (χ3n) is 0.0833. The molecule has 0 saturated carbocycles. The van der Waals surface area contributed by atoms with Gasteiger partial charge in [-0.15, -0.1) is 0 Å². The van der Waals surface area contributed by atoms with E-state index in [1.54, 1.807) is 0 Å². The summed E-state index contributed by atoms with van der Waals surface area (Å²) < 4.78 is 3.95. The van der Waals surface area contributed by atoms with Gasteiger partial charge in [0.2, 0.25) is 0 Å². The molecule has 0 spiro atoms. The van der Waals surface area contributed by atoms with Crippen LogP contribution in [0.5, 0.6) is 0 Å². The minimum atomic E-state index is 0.0611. The van der Waals surface area contributed by atoms with Crippen molar-refractivity contribution in [3.8, 4) is 0 Å². The summed E-state index contributed by atoms with van der Waals surface area (Å²) in [5.74, 6) is 0. The van der Waals surface area contributed by atoms with Crippen molar-refractivity contribution in [3.05, 3.63) is 0 Å². The van der Waals surface area contributed by atoms with Crippen LogP contribution in [0.3, 0.4) is 0 Å². The van der Waals surface area contributed by atoms with Gasteiger partial charge in [-0.2, -0.15) is 0 Å². The number of hydrogen-bond acceptors (Lipinski definition) is 2. The molecule has 0 atom stereocenters. The van der Waals surface area contributed by atoms with Gasteiger partial charge in [-0.05, 0) is 0 Å². The van der Waals surface area contributed by atoms with Crippen LogP contribution in [0.2, 0.25) is 0 Å². The zero-order chi connectivity index (χ0) is 3.41. The number of hydrogen-bond donors (Lipinski definition) is 0. The van der Waals surface area contributed by atoms with E-state index in [2.05, 4.69) is 3.07 Å². The van der Waals surface area contributed by atoms with Gasteiger partial charge in [0.05, 0.1) is 0 Å². The number of rotatable bonds is 1. The predicted molar refractivity (Wildman–Crippen MR) is 16.7 cm³/mol. The molecule has 1 radical (unpaired) electrons. The predicted octanol–water partition coefficient (Wildman–Crippen LogP) is -1.65. The molecule has 0 fully saturated rings. The second-order valence-electron chi connectivity index (χ2n) is 0.287. The van der Waals surface area contributed by atoms with Gasteiger partial charge in [0.1, 0.15) is 0 Å². The Kier molecular flexibility index (Phi) is 3.49. The zero-order valence-corrected chi connectivity index (χ0v) is 8.02. The van der Waals surface area contributed by atoms with Crippen molar-refractivity contribution >= 4 is 29.4 Å². The van der Waals surface area contributed by atoms with Crippen molar-refractivity contribution in [3.63, 3.8) is 0 Å². The summed E-state index contributed by atoms with van der Waals surface area (Å²) in [7, 11) is 0. The zero-order valence-electron chi connectivity index (χ0n) is 2.32. The van der Waals surface area contributed by atoms with E-state index in [1.807, 2.05) is 0 Å². The third-order valence-corrected chi connectivity index (χ3v) is 0.559. The van der Waals surface area contributed by atoms with E-state index in [1.165, 1.54) is 6.47 Å². The minimum absolute atomic E-state index is 0.0611. The SMILES string of the molecule is O=[C][O][SnH3]. The average molecular weight is 166 g/mol. The maximum atomic E-state index is 8.88. The van der Waals surface area contributed by atoms with E-state index in [0.29, 0.717) is 0 Å². The summed E-state index contributed by atoms with van der Waals surface area (Å²) in [5, 5.41) is 0. The molecule has 0 aromatic heterocycles. The van der Waals surface area contributed by atoms with Gasteiger partial charge < -0.3 is 0 Å². The van der Waals surface area contributed by atoms with E-state index in [4.69, 9.17) is 4.79 Å². The second-order valence-corrected chi connectivity index (χ2v) is 1.45. The summed E-state index contributed by atoms with van der Waals surface area (Å²) in [6.45, 7) is 1.27. The Bertz CT molecular complexity index is 20.0. The van der Waals surface area contributed by atoms with Crippen LogP contribution in [0.15, 0.2) is 0 Å². The molecular formula is CH3O2Sn. The first-order valence-corrected chi connectivity index (χ1v) is 3.15. The van der Waals surface area contributed by atoms with Crippen molar-refractivity contribution in [1.29, 1.82) is 0 Å². The molecular weight excluding hydrogens is 163 g/mol. The maximum absolute atomic E-state index is 8.88. The molecule has 2 nitrogen and oxygen atoms in total. The molecule has 0 aliphatic rings. The molecule has 0 N–H and O–H groups in total. The first kappa shape index (κ1) is 4.27. The van der Waals surface area contributed by atoms with Gasteiger partial charge in [0.25, 0.3) is 0 Å². The first-order chi connectivity index (χ1) is 1.91. The van der Waals surface area contributed by atoms with Crippen LogP contribution >= 0.6 is 0 Å². The first-order valence-electron chi connectivity index (χ1n) is 0.816. The van der Waals surface area contributed by atoms with Crippen molar-refractivity contribution < 1.29 is 7.87 Å². The number of carbonyl (C=O) groups excluding carboxylic acids is 1. The molecule has 0 aliphatic heterocycles. The Morgan fingerprint density at radius 2 is 2.25 bits per heavy atom. The summed E-state index contributed by atoms with van der Waals surface area (Å²) in [6, 6.07) is 0. The van der Waals surface area contributed by atoms with Gasteiger partial charge in [0, 0.05) is 0 Å². The van der Waals surface area contributed by atoms with Crippen molar-refractivity contribution in [2.75, 3.05) is 0 Å². The summed E-state index contributed by atoms with van der Waals surface area (Å²) >= 11 is 0.0611. The Labute approximate surface area is 37.8 Å². The molecule has 0 aromatic rings. The van der Waals surface area contributed by atoms with Crippen LogP contribution in [-0.2, 0) is 7.87 Å². The molecule has 23 valence electrons. The molecule has 3 heteroatoms. The van der Waals surface area contributed by atoms with Gasteiger partial charge in [-0.3, -0.25) is 0 Å². The standard InChI is InChI=1S/CO2.Sn.3H/c2-1-3;;;;/q-1;+1;;;. The van der Waals surface area contributed by atoms with Crippen LogP contribution in [0.1, 0.15) is 0 Å². The monoisotopic (exact) mass is 167 g/mol.